The number of pyridine rings is 1. The van der Waals surface area contributed by atoms with E-state index in [0.717, 1.165) is 36.7 Å². The summed E-state index contributed by atoms with van der Waals surface area (Å²) in [5.74, 6) is -3.38. The summed E-state index contributed by atoms with van der Waals surface area (Å²) < 4.78 is 123. The SMILES string of the molecule is C[C@H]1[C@H](F)C[C@@H](C(=O)NCc2cc(-c3cnc(C(F)(F)F)nc3)nc(C3CC3)c2C(F)F)N1S(=O)(=O)c1ccc(F)cc1. The van der Waals surface area contributed by atoms with Gasteiger partial charge in [-0.25, -0.2) is 35.9 Å². The Morgan fingerprint density at radius 1 is 1.12 bits per heavy atom. The van der Waals surface area contributed by atoms with E-state index in [1.54, 1.807) is 0 Å². The summed E-state index contributed by atoms with van der Waals surface area (Å²) in [6.45, 7) is 0.735. The molecule has 2 aliphatic rings. The monoisotopic (exact) mass is 631 g/mol. The minimum atomic E-state index is -4.80. The molecule has 0 bridgehead atoms. The predicted molar refractivity (Wildman–Crippen MR) is 137 cm³/mol. The number of hydrogen-bond acceptors (Lipinski definition) is 6. The topological polar surface area (TPSA) is 105 Å². The van der Waals surface area contributed by atoms with Gasteiger partial charge in [0.2, 0.25) is 21.8 Å². The third kappa shape index (κ3) is 6.20. The maximum Gasteiger partial charge on any atom is 0.451 e. The van der Waals surface area contributed by atoms with Crippen molar-refractivity contribution in [1.29, 1.82) is 0 Å². The fraction of sp³-hybridized carbons (Fsp3) is 0.407. The first kappa shape index (κ1) is 30.8. The highest BCUT2D eigenvalue weighted by Gasteiger charge is 2.49. The number of benzene rings is 1. The number of sulfonamides is 1. The first-order valence-corrected chi connectivity index (χ1v) is 14.5. The second-order valence-electron chi connectivity index (χ2n) is 10.3. The van der Waals surface area contributed by atoms with Crippen LogP contribution in [0.4, 0.5) is 30.7 Å². The van der Waals surface area contributed by atoms with Crippen LogP contribution in [0.5, 0.6) is 0 Å². The number of nitrogens with one attached hydrogen (secondary N) is 1. The van der Waals surface area contributed by atoms with Crippen molar-refractivity contribution in [3.8, 4) is 11.3 Å². The molecule has 1 saturated carbocycles. The van der Waals surface area contributed by atoms with E-state index < -0.39 is 77.0 Å². The van der Waals surface area contributed by atoms with Crippen LogP contribution >= 0.6 is 0 Å². The fourth-order valence-corrected chi connectivity index (χ4v) is 6.86. The van der Waals surface area contributed by atoms with Gasteiger partial charge in [0.15, 0.2) is 0 Å². The zero-order valence-electron chi connectivity index (χ0n) is 22.3. The average Bonchev–Trinajstić information content (AvgIpc) is 3.75. The highest BCUT2D eigenvalue weighted by molar-refractivity contribution is 7.89. The Bertz CT molecular complexity index is 1620. The number of amides is 1. The summed E-state index contributed by atoms with van der Waals surface area (Å²) in [4.78, 5) is 23.8. The van der Waals surface area contributed by atoms with Gasteiger partial charge in [-0.2, -0.15) is 17.5 Å². The van der Waals surface area contributed by atoms with Gasteiger partial charge in [0, 0.05) is 42.4 Å². The third-order valence-corrected chi connectivity index (χ3v) is 9.39. The molecule has 1 N–H and O–H groups in total. The van der Waals surface area contributed by atoms with Crippen LogP contribution in [0.1, 0.15) is 61.2 Å². The molecule has 0 unspecified atom stereocenters. The Labute approximate surface area is 241 Å². The lowest BCUT2D eigenvalue weighted by molar-refractivity contribution is -0.145. The summed E-state index contributed by atoms with van der Waals surface area (Å²) in [7, 11) is -4.46. The summed E-state index contributed by atoms with van der Waals surface area (Å²) in [5, 5.41) is 2.42. The molecule has 3 aromatic rings. The maximum atomic E-state index is 14.8. The van der Waals surface area contributed by atoms with Gasteiger partial charge in [-0.3, -0.25) is 9.78 Å². The van der Waals surface area contributed by atoms with E-state index >= 15 is 0 Å². The van der Waals surface area contributed by atoms with E-state index in [0.29, 0.717) is 17.1 Å². The minimum Gasteiger partial charge on any atom is -0.351 e. The Morgan fingerprint density at radius 2 is 1.74 bits per heavy atom. The maximum absolute atomic E-state index is 14.8. The molecule has 16 heteroatoms. The van der Waals surface area contributed by atoms with Gasteiger partial charge in [0.25, 0.3) is 6.43 Å². The zero-order valence-corrected chi connectivity index (χ0v) is 23.1. The van der Waals surface area contributed by atoms with Gasteiger partial charge in [-0.05, 0) is 55.7 Å². The molecule has 2 aromatic heterocycles. The first-order valence-electron chi connectivity index (χ1n) is 13.1. The van der Waals surface area contributed by atoms with Crippen LogP contribution in [0.2, 0.25) is 0 Å². The van der Waals surface area contributed by atoms with Crippen LogP contribution in [0, 0.1) is 5.82 Å². The van der Waals surface area contributed by atoms with Crippen molar-refractivity contribution in [1.82, 2.24) is 24.6 Å². The van der Waals surface area contributed by atoms with Crippen molar-refractivity contribution in [3.63, 3.8) is 0 Å². The van der Waals surface area contributed by atoms with E-state index in [2.05, 4.69) is 20.3 Å². The molecular weight excluding hydrogens is 607 g/mol. The molecule has 0 radical (unpaired) electrons. The predicted octanol–water partition coefficient (Wildman–Crippen LogP) is 5.32. The lowest BCUT2D eigenvalue weighted by atomic mass is 10.0. The van der Waals surface area contributed by atoms with Crippen LogP contribution in [-0.4, -0.2) is 51.8 Å². The first-order chi connectivity index (χ1) is 20.2. The number of halogens is 7. The molecule has 1 aliphatic heterocycles. The number of aromatic nitrogens is 3. The summed E-state index contributed by atoms with van der Waals surface area (Å²) in [5.41, 5.74) is -0.521. The second-order valence-corrected chi connectivity index (χ2v) is 12.2. The third-order valence-electron chi connectivity index (χ3n) is 7.38. The molecule has 43 heavy (non-hydrogen) atoms. The Hall–Kier alpha value is -3.66. The molecule has 3 heterocycles. The van der Waals surface area contributed by atoms with Gasteiger partial charge in [0.1, 0.15) is 18.0 Å². The highest BCUT2D eigenvalue weighted by Crippen LogP contribution is 2.45. The van der Waals surface area contributed by atoms with Gasteiger partial charge < -0.3 is 5.32 Å². The van der Waals surface area contributed by atoms with Gasteiger partial charge in [-0.1, -0.05) is 0 Å². The van der Waals surface area contributed by atoms with Crippen LogP contribution in [0.15, 0.2) is 47.6 Å². The minimum absolute atomic E-state index is 0.00287. The van der Waals surface area contributed by atoms with E-state index in [1.807, 2.05) is 0 Å². The molecule has 0 spiro atoms. The number of carbonyl (C=O) groups excluding carboxylic acids is 1. The van der Waals surface area contributed by atoms with E-state index in [4.69, 9.17) is 0 Å². The van der Waals surface area contributed by atoms with Crippen molar-refractivity contribution in [3.05, 3.63) is 71.2 Å². The zero-order chi connectivity index (χ0) is 31.3. The molecule has 1 saturated heterocycles. The number of alkyl halides is 6. The quantitative estimate of drug-likeness (QED) is 0.338. The van der Waals surface area contributed by atoms with Crippen LogP contribution in [0.25, 0.3) is 11.3 Å². The van der Waals surface area contributed by atoms with Crippen molar-refractivity contribution in [2.45, 2.75) is 74.4 Å². The normalized spacial score (nSPS) is 21.4. The van der Waals surface area contributed by atoms with Crippen molar-refractivity contribution in [2.75, 3.05) is 0 Å². The van der Waals surface area contributed by atoms with Crippen molar-refractivity contribution in [2.24, 2.45) is 0 Å². The van der Waals surface area contributed by atoms with Gasteiger partial charge >= 0.3 is 6.18 Å². The largest absolute Gasteiger partial charge is 0.451 e. The molecular formula is C27H24F7N5O3S. The number of hydrogen-bond donors (Lipinski definition) is 1. The highest BCUT2D eigenvalue weighted by atomic mass is 32.2. The standard InChI is InChI=1S/C27H24F7N5O3S/c1-13-19(29)9-21(39(13)43(41,42)18-6-4-17(28)5-7-18)25(40)35-10-15-8-20(16-11-36-26(37-12-16)27(32,33)34)38-23(14-2-3-14)22(15)24(30)31/h4-8,11-14,19,21,24H,2-3,9-10H2,1H3,(H,35,40)/t13-,19+,21-/m0/s1. The molecule has 2 fully saturated rings. The lowest BCUT2D eigenvalue weighted by Crippen LogP contribution is -2.48. The van der Waals surface area contributed by atoms with E-state index in [1.165, 1.54) is 13.0 Å². The van der Waals surface area contributed by atoms with Gasteiger partial charge in [0.05, 0.1) is 22.3 Å². The van der Waals surface area contributed by atoms with Crippen molar-refractivity contribution >= 4 is 15.9 Å². The van der Waals surface area contributed by atoms with Crippen molar-refractivity contribution < 1.29 is 43.9 Å². The fourth-order valence-electron chi connectivity index (χ4n) is 5.05. The summed E-state index contributed by atoms with van der Waals surface area (Å²) in [6, 6.07) is 2.15. The Balaban J connectivity index is 1.45. The van der Waals surface area contributed by atoms with Crippen LogP contribution in [0.3, 0.4) is 0 Å². The molecule has 1 aromatic carbocycles. The summed E-state index contributed by atoms with van der Waals surface area (Å²) in [6.07, 6.45) is -7.22. The number of nitrogens with zero attached hydrogens (tertiary/aromatic N) is 4. The smallest absolute Gasteiger partial charge is 0.351 e. The van der Waals surface area contributed by atoms with Crippen LogP contribution < -0.4 is 5.32 Å². The van der Waals surface area contributed by atoms with E-state index in [-0.39, 0.29) is 33.3 Å². The Morgan fingerprint density at radius 3 is 2.30 bits per heavy atom. The molecule has 1 amide bonds. The Kier molecular flexibility index (Phi) is 8.19. The van der Waals surface area contributed by atoms with E-state index in [9.17, 15) is 43.9 Å². The molecule has 8 nitrogen and oxygen atoms in total. The number of rotatable bonds is 8. The van der Waals surface area contributed by atoms with Crippen LogP contribution in [-0.2, 0) is 27.5 Å². The molecule has 1 aliphatic carbocycles. The van der Waals surface area contributed by atoms with Gasteiger partial charge in [-0.15, -0.1) is 0 Å². The molecule has 5 rings (SSSR count). The summed E-state index contributed by atoms with van der Waals surface area (Å²) >= 11 is 0. The second kappa shape index (κ2) is 11.4. The average molecular weight is 632 g/mol. The number of carbonyl (C=O) groups is 1. The lowest BCUT2D eigenvalue weighted by Gasteiger charge is -2.27. The molecule has 230 valence electrons. The molecule has 3 atom stereocenters.